The van der Waals surface area contributed by atoms with E-state index < -0.39 is 17.5 Å². The largest absolute Gasteiger partial charge is 0.381 e. The van der Waals surface area contributed by atoms with Crippen LogP contribution < -0.4 is 32.3 Å². The topological polar surface area (TPSA) is 196 Å². The molecule has 3 aromatic heterocycles. The predicted octanol–water partition coefficient (Wildman–Crippen LogP) is 7.88. The number of carbonyl (C=O) groups is 3. The first-order valence-corrected chi connectivity index (χ1v) is 30.8. The zero-order valence-corrected chi connectivity index (χ0v) is 48.7. The van der Waals surface area contributed by atoms with Gasteiger partial charge >= 0.3 is 5.69 Å². The number of hydrogen-bond acceptors (Lipinski definition) is 16. The number of aromatic nitrogens is 4. The maximum absolute atomic E-state index is 15.1. The third-order valence-electron chi connectivity index (χ3n) is 16.4. The van der Waals surface area contributed by atoms with Crippen molar-refractivity contribution in [3.05, 3.63) is 80.6 Å². The van der Waals surface area contributed by atoms with E-state index in [-0.39, 0.29) is 59.5 Å². The Morgan fingerprint density at radius 2 is 1.72 bits per heavy atom. The molecule has 3 amide bonds. The van der Waals surface area contributed by atoms with Crippen molar-refractivity contribution < 1.29 is 23.5 Å². The number of hydrogen-bond donors (Lipinski definition) is 4. The molecule has 8 heterocycles. The zero-order chi connectivity index (χ0) is 55.3. The maximum atomic E-state index is 15.1. The van der Waals surface area contributed by atoms with Crippen molar-refractivity contribution in [1.82, 2.24) is 50.2 Å². The van der Waals surface area contributed by atoms with E-state index in [4.69, 9.17) is 27.1 Å². The van der Waals surface area contributed by atoms with Gasteiger partial charge in [-0.1, -0.05) is 68.0 Å². The molecule has 5 aliphatic rings. The molecule has 3 aromatic carbocycles. The minimum Gasteiger partial charge on any atom is -0.381 e. The SMILES string of the molecule is Cc1ncsc1-c1ccc([C@H](C)NC(=O)[C@@H]2CCCN2C(=O)[C@@H](NC(=O)CCOCCCN2CCN(C[C@H]3CSc4c(-c5ccc(F)c6sc(N)nc56)c(Cl)cc5c(N6CC7CCC(C6)N7)nc(=O)n3c45)CC2)C(C)(C)C)cc1. The van der Waals surface area contributed by atoms with Gasteiger partial charge in [-0.2, -0.15) is 4.98 Å². The number of ether oxygens (including phenoxy) is 1. The number of nitrogens with two attached hydrogens (primary N) is 1. The quantitative estimate of drug-likeness (QED) is 0.0644. The molecule has 5 N–H and O–H groups in total. The summed E-state index contributed by atoms with van der Waals surface area (Å²) in [4.78, 5) is 80.3. The van der Waals surface area contributed by atoms with Crippen LogP contribution in [-0.4, -0.2) is 154 Å². The molecule has 4 saturated heterocycles. The van der Waals surface area contributed by atoms with E-state index in [1.807, 2.05) is 75.0 Å². The third-order valence-corrected chi connectivity index (χ3v) is 19.8. The van der Waals surface area contributed by atoms with Crippen LogP contribution >= 0.6 is 46.0 Å². The fourth-order valence-corrected chi connectivity index (χ4v) is 15.5. The van der Waals surface area contributed by atoms with Crippen molar-refractivity contribution in [3.8, 4) is 21.6 Å². The van der Waals surface area contributed by atoms with Crippen LogP contribution in [-0.2, 0) is 19.1 Å². The lowest BCUT2D eigenvalue weighted by Crippen LogP contribution is -2.57. The monoisotopic (exact) mass is 1150 g/mol. The highest BCUT2D eigenvalue weighted by Crippen LogP contribution is 2.50. The number of halogens is 2. The Kier molecular flexibility index (Phi) is 16.4. The summed E-state index contributed by atoms with van der Waals surface area (Å²) >= 11 is 11.7. The molecule has 6 aromatic rings. The fraction of sp³-hybridized carbons (Fsp3) is 0.526. The minimum atomic E-state index is -0.813. The van der Waals surface area contributed by atoms with E-state index >= 15 is 4.39 Å². The van der Waals surface area contributed by atoms with Gasteiger partial charge in [0.15, 0.2) is 5.13 Å². The number of nitrogens with one attached hydrogen (secondary N) is 3. The highest BCUT2D eigenvalue weighted by atomic mass is 35.5. The molecular formula is C57H70ClFN12O5S3. The first-order chi connectivity index (χ1) is 38.0. The summed E-state index contributed by atoms with van der Waals surface area (Å²) in [5.74, 6) is 0.188. The Morgan fingerprint density at radius 1 is 0.975 bits per heavy atom. The van der Waals surface area contributed by atoms with Gasteiger partial charge in [-0.05, 0) is 80.7 Å². The standard InChI is InChI=1S/C57H70ClFN12O5S3/c1-32(34-9-11-35(12-10-34)48-33(2)61-31-78-48)62-53(73)43-8-6-19-70(43)54(74)51(57(3,4)5)64-44(72)17-25-76-24-7-18-67-20-22-68(23-21-67)29-38-30-77-50-45(39-15-16-42(59)49-46(39)65-55(60)79-49)41(58)26-40-47(50)71(38)56(75)66-52(40)69-27-36-13-14-37(28-69)63-36/h9-12,15-16,26,31-32,36-38,43,51,63H,6-8,13-14,17-25,27-30H2,1-5H3,(H2,60,65)(H,62,73)(H,64,72)/t32-,36?,37?,38-,43-,51+/m0/s1. The molecule has 0 spiro atoms. The number of fused-ring (bicyclic) bond motifs is 3. The van der Waals surface area contributed by atoms with Crippen LogP contribution in [0.3, 0.4) is 0 Å². The molecule has 0 radical (unpaired) electrons. The number of nitrogen functional groups attached to an aromatic ring is 1. The summed E-state index contributed by atoms with van der Waals surface area (Å²) in [6.07, 6.45) is 4.35. The summed E-state index contributed by atoms with van der Waals surface area (Å²) in [7, 11) is 0. The number of piperazine rings is 2. The number of amides is 3. The van der Waals surface area contributed by atoms with Crippen LogP contribution in [0, 0.1) is 18.2 Å². The Hall–Kier alpha value is -5.26. The molecule has 6 atom stereocenters. The van der Waals surface area contributed by atoms with E-state index in [1.54, 1.807) is 34.1 Å². The zero-order valence-electron chi connectivity index (χ0n) is 45.5. The van der Waals surface area contributed by atoms with Crippen LogP contribution in [0.1, 0.15) is 89.6 Å². The summed E-state index contributed by atoms with van der Waals surface area (Å²) in [6.45, 7) is 17.4. The second-order valence-corrected chi connectivity index (χ2v) is 26.2. The lowest BCUT2D eigenvalue weighted by atomic mass is 9.85. The molecule has 0 aliphatic carbocycles. The van der Waals surface area contributed by atoms with Gasteiger partial charge in [0.2, 0.25) is 17.7 Å². The van der Waals surface area contributed by atoms with Crippen LogP contribution in [0.2, 0.25) is 5.02 Å². The maximum Gasteiger partial charge on any atom is 0.350 e. The van der Waals surface area contributed by atoms with Crippen molar-refractivity contribution in [2.24, 2.45) is 5.41 Å². The Bertz CT molecular complexity index is 3310. The van der Waals surface area contributed by atoms with Crippen molar-refractivity contribution in [2.45, 2.75) is 114 Å². The number of likely N-dealkylation sites (tertiary alicyclic amines) is 1. The van der Waals surface area contributed by atoms with E-state index in [0.717, 1.165) is 119 Å². The molecule has 79 heavy (non-hydrogen) atoms. The number of rotatable bonds is 17. The predicted molar refractivity (Wildman–Crippen MR) is 314 cm³/mol. The van der Waals surface area contributed by atoms with Gasteiger partial charge in [0, 0.05) is 111 Å². The molecule has 420 valence electrons. The molecule has 17 nitrogen and oxygen atoms in total. The summed E-state index contributed by atoms with van der Waals surface area (Å²) in [5.41, 5.74) is 12.8. The number of thioether (sulfide) groups is 1. The smallest absolute Gasteiger partial charge is 0.350 e. The molecule has 11 rings (SSSR count). The van der Waals surface area contributed by atoms with Crippen molar-refractivity contribution in [1.29, 1.82) is 0 Å². The van der Waals surface area contributed by atoms with Gasteiger partial charge in [0.1, 0.15) is 23.7 Å². The second-order valence-electron chi connectivity index (χ2n) is 22.9. The summed E-state index contributed by atoms with van der Waals surface area (Å²) < 4.78 is 23.3. The van der Waals surface area contributed by atoms with Gasteiger partial charge in [-0.15, -0.1) is 23.1 Å². The molecule has 0 saturated carbocycles. The molecule has 4 fully saturated rings. The van der Waals surface area contributed by atoms with Gasteiger partial charge in [-0.25, -0.2) is 19.2 Å². The van der Waals surface area contributed by atoms with E-state index in [1.165, 1.54) is 6.07 Å². The average molecular weight is 1150 g/mol. The first kappa shape index (κ1) is 55.6. The second kappa shape index (κ2) is 23.3. The van der Waals surface area contributed by atoms with Gasteiger partial charge in [0.05, 0.1) is 55.5 Å². The molecule has 5 aliphatic heterocycles. The van der Waals surface area contributed by atoms with Crippen LogP contribution in [0.4, 0.5) is 15.3 Å². The lowest BCUT2D eigenvalue weighted by molar-refractivity contribution is -0.144. The van der Waals surface area contributed by atoms with Crippen LogP contribution in [0.25, 0.3) is 42.7 Å². The molecular weight excluding hydrogens is 1080 g/mol. The number of benzene rings is 3. The minimum absolute atomic E-state index is 0.112. The van der Waals surface area contributed by atoms with E-state index in [0.29, 0.717) is 77.0 Å². The Balaban J connectivity index is 0.663. The number of anilines is 2. The summed E-state index contributed by atoms with van der Waals surface area (Å²) in [6, 6.07) is 12.1. The van der Waals surface area contributed by atoms with Crippen LogP contribution in [0.5, 0.6) is 0 Å². The normalized spacial score (nSPS) is 21.5. The average Bonchev–Trinajstić information content (AvgIpc) is 4.36. The highest BCUT2D eigenvalue weighted by Gasteiger charge is 2.43. The Labute approximate surface area is 477 Å². The number of thiazole rings is 2. The van der Waals surface area contributed by atoms with Crippen molar-refractivity contribution in [3.63, 3.8) is 0 Å². The highest BCUT2D eigenvalue weighted by molar-refractivity contribution is 7.99. The fourth-order valence-electron chi connectivity index (χ4n) is 12.2. The third kappa shape index (κ3) is 11.7. The number of carbonyl (C=O) groups excluding carboxylic acids is 3. The lowest BCUT2D eigenvalue weighted by Gasteiger charge is -2.39. The van der Waals surface area contributed by atoms with Crippen LogP contribution in [0.15, 0.2) is 57.7 Å². The van der Waals surface area contributed by atoms with Gasteiger partial charge in [0.25, 0.3) is 0 Å². The van der Waals surface area contributed by atoms with Gasteiger partial charge in [-0.3, -0.25) is 23.9 Å². The number of nitrogens with zero attached hydrogens (tertiary/aromatic N) is 8. The summed E-state index contributed by atoms with van der Waals surface area (Å²) in [5, 5.41) is 11.4. The molecule has 2 bridgehead atoms. The molecule has 22 heteroatoms. The molecule has 2 unspecified atom stereocenters. The van der Waals surface area contributed by atoms with Gasteiger partial charge < -0.3 is 41.1 Å². The van der Waals surface area contributed by atoms with E-state index in [9.17, 15) is 19.2 Å². The first-order valence-electron chi connectivity index (χ1n) is 27.7. The van der Waals surface area contributed by atoms with Crippen molar-refractivity contribution >= 4 is 95.8 Å². The Morgan fingerprint density at radius 3 is 2.44 bits per heavy atom. The van der Waals surface area contributed by atoms with Crippen molar-refractivity contribution in [2.75, 3.05) is 88.5 Å². The number of aryl methyl sites for hydroxylation is 1. The van der Waals surface area contributed by atoms with E-state index in [2.05, 4.69) is 40.6 Å².